The lowest BCUT2D eigenvalue weighted by Crippen LogP contribution is -2.56. The number of carbonyl (C=O) groups is 2. The second kappa shape index (κ2) is 4.25. The molecule has 2 atom stereocenters. The van der Waals surface area contributed by atoms with Crippen LogP contribution in [0, 0.1) is 17.8 Å². The molecule has 0 heterocycles. The first-order valence-corrected chi connectivity index (χ1v) is 7.16. The monoisotopic (exact) mass is 251 g/mol. The fraction of sp³-hybridized carbons (Fsp3) is 0.857. The number of amides is 1. The lowest BCUT2D eigenvalue weighted by Gasteiger charge is -2.35. The Bertz CT molecular complexity index is 363. The summed E-state index contributed by atoms with van der Waals surface area (Å²) in [4.78, 5) is 23.7. The van der Waals surface area contributed by atoms with Gasteiger partial charge in [-0.3, -0.25) is 4.79 Å². The van der Waals surface area contributed by atoms with Gasteiger partial charge in [-0.15, -0.1) is 0 Å². The molecule has 4 nitrogen and oxygen atoms in total. The molecule has 0 aromatic heterocycles. The van der Waals surface area contributed by atoms with E-state index in [2.05, 4.69) is 5.32 Å². The van der Waals surface area contributed by atoms with E-state index in [4.69, 9.17) is 0 Å². The molecule has 0 aromatic carbocycles. The van der Waals surface area contributed by atoms with Crippen molar-refractivity contribution in [3.05, 3.63) is 0 Å². The average molecular weight is 251 g/mol. The van der Waals surface area contributed by atoms with Crippen LogP contribution in [0.25, 0.3) is 0 Å². The van der Waals surface area contributed by atoms with Crippen molar-refractivity contribution in [1.29, 1.82) is 0 Å². The summed E-state index contributed by atoms with van der Waals surface area (Å²) in [5.74, 6) is 0.734. The van der Waals surface area contributed by atoms with Crippen LogP contribution >= 0.6 is 0 Å². The van der Waals surface area contributed by atoms with Crippen molar-refractivity contribution in [2.24, 2.45) is 17.8 Å². The van der Waals surface area contributed by atoms with Gasteiger partial charge in [0.15, 0.2) is 0 Å². The average Bonchev–Trinajstić information content (AvgIpc) is 2.97. The van der Waals surface area contributed by atoms with Gasteiger partial charge >= 0.3 is 5.97 Å². The van der Waals surface area contributed by atoms with Crippen LogP contribution in [0.15, 0.2) is 0 Å². The van der Waals surface area contributed by atoms with Gasteiger partial charge in [-0.2, -0.15) is 0 Å². The quantitative estimate of drug-likeness (QED) is 0.805. The molecule has 3 aliphatic carbocycles. The van der Waals surface area contributed by atoms with E-state index in [1.807, 2.05) is 0 Å². The summed E-state index contributed by atoms with van der Waals surface area (Å²) in [6.07, 6.45) is 7.32. The van der Waals surface area contributed by atoms with Crippen LogP contribution in [0.3, 0.4) is 0 Å². The third kappa shape index (κ3) is 2.02. The Kier molecular flexibility index (Phi) is 2.83. The van der Waals surface area contributed by atoms with Gasteiger partial charge in [0, 0.05) is 5.92 Å². The highest BCUT2D eigenvalue weighted by Gasteiger charge is 2.50. The van der Waals surface area contributed by atoms with Crippen LogP contribution in [-0.2, 0) is 9.59 Å². The van der Waals surface area contributed by atoms with Crippen LogP contribution in [0.4, 0.5) is 0 Å². The summed E-state index contributed by atoms with van der Waals surface area (Å²) in [6.45, 7) is 0. The Morgan fingerprint density at radius 3 is 2.17 bits per heavy atom. The van der Waals surface area contributed by atoms with Crippen molar-refractivity contribution in [1.82, 2.24) is 5.32 Å². The minimum absolute atomic E-state index is 0.00787. The van der Waals surface area contributed by atoms with Gasteiger partial charge in [0.05, 0.1) is 0 Å². The Balaban J connectivity index is 1.64. The van der Waals surface area contributed by atoms with Crippen molar-refractivity contribution in [2.75, 3.05) is 0 Å². The Labute approximate surface area is 107 Å². The molecule has 3 rings (SSSR count). The van der Waals surface area contributed by atoms with E-state index in [1.165, 1.54) is 6.42 Å². The molecular formula is C14H21NO3. The molecule has 4 heteroatoms. The lowest BCUT2D eigenvalue weighted by atomic mass is 9.81. The zero-order valence-electron chi connectivity index (χ0n) is 10.7. The van der Waals surface area contributed by atoms with Gasteiger partial charge in [-0.25, -0.2) is 4.79 Å². The van der Waals surface area contributed by atoms with E-state index in [0.29, 0.717) is 12.8 Å². The first-order valence-electron chi connectivity index (χ1n) is 7.16. The van der Waals surface area contributed by atoms with Crippen molar-refractivity contribution in [3.63, 3.8) is 0 Å². The third-order valence-electron chi connectivity index (χ3n) is 5.09. The Morgan fingerprint density at radius 2 is 1.61 bits per heavy atom. The molecule has 2 N–H and O–H groups in total. The minimum Gasteiger partial charge on any atom is -0.480 e. The number of hydrogen-bond acceptors (Lipinski definition) is 2. The predicted octanol–water partition coefficient (Wildman–Crippen LogP) is 1.94. The number of fused-ring (bicyclic) bond motifs is 1. The molecule has 3 aliphatic rings. The van der Waals surface area contributed by atoms with Crippen molar-refractivity contribution >= 4 is 11.9 Å². The second-order valence-corrected chi connectivity index (χ2v) is 6.36. The van der Waals surface area contributed by atoms with E-state index in [9.17, 15) is 14.7 Å². The normalized spacial score (nSPS) is 36.8. The van der Waals surface area contributed by atoms with Crippen molar-refractivity contribution in [3.8, 4) is 0 Å². The maximum absolute atomic E-state index is 12.2. The van der Waals surface area contributed by atoms with Gasteiger partial charge < -0.3 is 10.4 Å². The molecular weight excluding hydrogens is 230 g/mol. The first kappa shape index (κ1) is 12.0. The summed E-state index contributed by atoms with van der Waals surface area (Å²) in [5.41, 5.74) is -0.970. The van der Waals surface area contributed by atoms with E-state index in [0.717, 1.165) is 43.9 Å². The van der Waals surface area contributed by atoms with Crippen LogP contribution in [0.5, 0.6) is 0 Å². The first-order chi connectivity index (χ1) is 8.61. The number of carboxylic acids is 1. The summed E-state index contributed by atoms with van der Waals surface area (Å²) in [6, 6.07) is 0. The fourth-order valence-corrected chi connectivity index (χ4v) is 3.81. The van der Waals surface area contributed by atoms with E-state index in [1.54, 1.807) is 0 Å². The molecule has 100 valence electrons. The highest BCUT2D eigenvalue weighted by Crippen LogP contribution is 2.54. The summed E-state index contributed by atoms with van der Waals surface area (Å²) >= 11 is 0. The molecule has 0 saturated heterocycles. The molecule has 0 aliphatic heterocycles. The molecule has 0 bridgehead atoms. The molecule has 0 spiro atoms. The number of aliphatic carboxylic acids is 1. The molecule has 0 aromatic rings. The minimum atomic E-state index is -0.970. The molecule has 18 heavy (non-hydrogen) atoms. The maximum Gasteiger partial charge on any atom is 0.329 e. The van der Waals surface area contributed by atoms with Crippen molar-refractivity contribution < 1.29 is 14.7 Å². The molecule has 0 radical (unpaired) electrons. The number of rotatable bonds is 3. The van der Waals surface area contributed by atoms with Crippen LogP contribution < -0.4 is 5.32 Å². The SMILES string of the molecule is O=C(NC1(C(=O)O)CCCCC1)C1CC2CC2C1. The standard InChI is InChI=1S/C14H21NO3/c16-12(11-7-9-6-10(9)8-11)15-14(13(17)18)4-2-1-3-5-14/h9-11H,1-8H2,(H,15,16)(H,17,18). The molecule has 3 fully saturated rings. The summed E-state index contributed by atoms with van der Waals surface area (Å²) in [7, 11) is 0. The zero-order valence-corrected chi connectivity index (χ0v) is 10.7. The van der Waals surface area contributed by atoms with Gasteiger partial charge in [-0.05, 0) is 43.9 Å². The Hall–Kier alpha value is -1.06. The van der Waals surface area contributed by atoms with E-state index < -0.39 is 11.5 Å². The smallest absolute Gasteiger partial charge is 0.329 e. The van der Waals surface area contributed by atoms with E-state index in [-0.39, 0.29) is 11.8 Å². The number of carboxylic acid groups (broad SMARTS) is 1. The van der Waals surface area contributed by atoms with Gasteiger partial charge in [0.1, 0.15) is 5.54 Å². The molecule has 3 saturated carbocycles. The highest BCUT2D eigenvalue weighted by molar-refractivity contribution is 5.88. The largest absolute Gasteiger partial charge is 0.480 e. The van der Waals surface area contributed by atoms with Gasteiger partial charge in [0.25, 0.3) is 0 Å². The zero-order chi connectivity index (χ0) is 12.8. The lowest BCUT2D eigenvalue weighted by molar-refractivity contribution is -0.150. The second-order valence-electron chi connectivity index (χ2n) is 6.36. The molecule has 2 unspecified atom stereocenters. The maximum atomic E-state index is 12.2. The van der Waals surface area contributed by atoms with Crippen LogP contribution in [-0.4, -0.2) is 22.5 Å². The fourth-order valence-electron chi connectivity index (χ4n) is 3.81. The van der Waals surface area contributed by atoms with Gasteiger partial charge in [-0.1, -0.05) is 19.3 Å². The topological polar surface area (TPSA) is 66.4 Å². The van der Waals surface area contributed by atoms with Gasteiger partial charge in [0.2, 0.25) is 5.91 Å². The van der Waals surface area contributed by atoms with Crippen molar-refractivity contribution in [2.45, 2.75) is 56.9 Å². The predicted molar refractivity (Wildman–Crippen MR) is 65.9 cm³/mol. The summed E-state index contributed by atoms with van der Waals surface area (Å²) < 4.78 is 0. The van der Waals surface area contributed by atoms with Crippen LogP contribution in [0.2, 0.25) is 0 Å². The summed E-state index contributed by atoms with van der Waals surface area (Å²) in [5, 5.41) is 12.3. The number of hydrogen-bond donors (Lipinski definition) is 2. The number of carbonyl (C=O) groups excluding carboxylic acids is 1. The highest BCUT2D eigenvalue weighted by atomic mass is 16.4. The van der Waals surface area contributed by atoms with E-state index >= 15 is 0 Å². The Morgan fingerprint density at radius 1 is 1.00 bits per heavy atom. The van der Waals surface area contributed by atoms with Crippen LogP contribution in [0.1, 0.15) is 51.4 Å². The third-order valence-corrected chi connectivity index (χ3v) is 5.09. The number of nitrogens with one attached hydrogen (secondary N) is 1. The molecule has 1 amide bonds.